The van der Waals surface area contributed by atoms with Crippen LogP contribution < -0.4 is 9.62 Å². The van der Waals surface area contributed by atoms with Gasteiger partial charge in [-0.25, -0.2) is 8.42 Å². The third kappa shape index (κ3) is 5.11. The van der Waals surface area contributed by atoms with Gasteiger partial charge < -0.3 is 5.32 Å². The molecule has 0 fully saturated rings. The zero-order valence-corrected chi connectivity index (χ0v) is 17.9. The van der Waals surface area contributed by atoms with E-state index < -0.39 is 26.9 Å². The second-order valence-electron chi connectivity index (χ2n) is 7.00. The molecule has 0 saturated carbocycles. The summed E-state index contributed by atoms with van der Waals surface area (Å²) in [4.78, 5) is 23.6. The topological polar surface area (TPSA) is 110 Å². The number of non-ortho nitro benzene ring substituents is 1. The van der Waals surface area contributed by atoms with Crippen molar-refractivity contribution in [2.24, 2.45) is 0 Å². The molecule has 0 aliphatic carbocycles. The number of nitro groups is 1. The molecule has 0 radical (unpaired) electrons. The summed E-state index contributed by atoms with van der Waals surface area (Å²) in [5, 5.41) is 13.9. The van der Waals surface area contributed by atoms with Gasteiger partial charge in [0, 0.05) is 17.8 Å². The van der Waals surface area contributed by atoms with Crippen LogP contribution in [0.5, 0.6) is 0 Å². The van der Waals surface area contributed by atoms with Crippen LogP contribution in [0.25, 0.3) is 0 Å². The number of anilines is 2. The Kier molecular flexibility index (Phi) is 6.63. The summed E-state index contributed by atoms with van der Waals surface area (Å²) in [5.41, 5.74) is 3.00. The average molecular weight is 420 g/mol. The minimum Gasteiger partial charge on any atom is -0.324 e. The molecule has 1 atom stereocenters. The highest BCUT2D eigenvalue weighted by Crippen LogP contribution is 2.30. The zero-order chi connectivity index (χ0) is 21.9. The predicted molar refractivity (Wildman–Crippen MR) is 114 cm³/mol. The highest BCUT2D eigenvalue weighted by atomic mass is 32.2. The number of hydrogen-bond donors (Lipinski definition) is 1. The van der Waals surface area contributed by atoms with Crippen molar-refractivity contribution in [3.05, 3.63) is 63.2 Å². The summed E-state index contributed by atoms with van der Waals surface area (Å²) >= 11 is 0. The first-order valence-corrected chi connectivity index (χ1v) is 10.9. The van der Waals surface area contributed by atoms with E-state index in [9.17, 15) is 23.3 Å². The molecule has 0 aliphatic heterocycles. The molecule has 156 valence electrons. The lowest BCUT2D eigenvalue weighted by molar-refractivity contribution is -0.384. The number of carbonyl (C=O) groups excluding carboxylic acids is 1. The monoisotopic (exact) mass is 419 g/mol. The van der Waals surface area contributed by atoms with E-state index in [4.69, 9.17) is 0 Å². The van der Waals surface area contributed by atoms with E-state index in [1.807, 2.05) is 26.0 Å². The molecule has 0 aliphatic rings. The van der Waals surface area contributed by atoms with Crippen LogP contribution in [0.4, 0.5) is 17.1 Å². The Morgan fingerprint density at radius 2 is 1.72 bits per heavy atom. The van der Waals surface area contributed by atoms with E-state index in [-0.39, 0.29) is 17.8 Å². The van der Waals surface area contributed by atoms with Crippen LogP contribution in [0.15, 0.2) is 36.4 Å². The molecular formula is C20H25N3O5S. The standard InChI is InChI=1S/C20H25N3O5S/c1-6-18(20(24)21-16-9-7-13(2)15(4)11-16)22(29(5,27)28)19-12-17(23(25)26)10-8-14(19)3/h7-12,18H,6H2,1-5H3,(H,21,24)/t18-/m0/s1. The maximum Gasteiger partial charge on any atom is 0.271 e. The largest absolute Gasteiger partial charge is 0.324 e. The van der Waals surface area contributed by atoms with E-state index in [0.717, 1.165) is 21.7 Å². The Labute approximate surface area is 170 Å². The molecule has 9 heteroatoms. The molecule has 0 spiro atoms. The second kappa shape index (κ2) is 8.60. The number of nitro benzene ring substituents is 1. The number of hydrogen-bond acceptors (Lipinski definition) is 5. The minimum absolute atomic E-state index is 0.115. The van der Waals surface area contributed by atoms with Crippen LogP contribution in [0, 0.1) is 30.9 Å². The number of sulfonamides is 1. The van der Waals surface area contributed by atoms with Crippen molar-refractivity contribution in [1.82, 2.24) is 0 Å². The molecule has 0 saturated heterocycles. The quantitative estimate of drug-likeness (QED) is 0.543. The molecule has 8 nitrogen and oxygen atoms in total. The third-order valence-corrected chi connectivity index (χ3v) is 5.91. The Hall–Kier alpha value is -2.94. The number of amides is 1. The van der Waals surface area contributed by atoms with E-state index >= 15 is 0 Å². The fourth-order valence-corrected chi connectivity index (χ4v) is 4.29. The van der Waals surface area contributed by atoms with Crippen molar-refractivity contribution in [3.63, 3.8) is 0 Å². The fraction of sp³-hybridized carbons (Fsp3) is 0.350. The maximum atomic E-state index is 13.0. The van der Waals surface area contributed by atoms with Crippen molar-refractivity contribution in [2.75, 3.05) is 15.9 Å². The Morgan fingerprint density at radius 3 is 2.24 bits per heavy atom. The molecule has 1 N–H and O–H groups in total. The highest BCUT2D eigenvalue weighted by molar-refractivity contribution is 7.92. The Bertz CT molecular complexity index is 1050. The molecule has 2 aromatic rings. The lowest BCUT2D eigenvalue weighted by Gasteiger charge is -2.31. The van der Waals surface area contributed by atoms with Crippen LogP contribution in [-0.2, 0) is 14.8 Å². The van der Waals surface area contributed by atoms with Gasteiger partial charge in [0.2, 0.25) is 15.9 Å². The summed E-state index contributed by atoms with van der Waals surface area (Å²) in [5.74, 6) is -0.507. The zero-order valence-electron chi connectivity index (χ0n) is 17.1. The summed E-state index contributed by atoms with van der Waals surface area (Å²) in [6.45, 7) is 7.20. The van der Waals surface area contributed by atoms with Crippen LogP contribution in [0.2, 0.25) is 0 Å². The molecule has 0 bridgehead atoms. The number of carbonyl (C=O) groups is 1. The molecule has 0 heterocycles. The molecule has 2 rings (SSSR count). The predicted octanol–water partition coefficient (Wildman–Crippen LogP) is 3.70. The summed E-state index contributed by atoms with van der Waals surface area (Å²) in [7, 11) is -3.90. The van der Waals surface area contributed by atoms with Crippen molar-refractivity contribution < 1.29 is 18.1 Å². The third-order valence-electron chi connectivity index (χ3n) is 4.75. The van der Waals surface area contributed by atoms with Crippen molar-refractivity contribution in [1.29, 1.82) is 0 Å². The van der Waals surface area contributed by atoms with Gasteiger partial charge in [0.1, 0.15) is 6.04 Å². The minimum atomic E-state index is -3.90. The molecule has 1 amide bonds. The van der Waals surface area contributed by atoms with Crippen LogP contribution in [0.3, 0.4) is 0 Å². The van der Waals surface area contributed by atoms with E-state index in [2.05, 4.69) is 5.32 Å². The van der Waals surface area contributed by atoms with Gasteiger partial charge in [-0.05, 0) is 56.0 Å². The van der Waals surface area contributed by atoms with E-state index in [1.54, 1.807) is 19.9 Å². The van der Waals surface area contributed by atoms with Crippen LogP contribution in [-0.4, -0.2) is 31.5 Å². The van der Waals surface area contributed by atoms with Gasteiger partial charge in [-0.3, -0.25) is 19.2 Å². The van der Waals surface area contributed by atoms with E-state index in [1.165, 1.54) is 18.2 Å². The molecule has 2 aromatic carbocycles. The van der Waals surface area contributed by atoms with Gasteiger partial charge >= 0.3 is 0 Å². The summed E-state index contributed by atoms with van der Waals surface area (Å²) in [6, 6.07) is 8.31. The number of benzene rings is 2. The first kappa shape index (κ1) is 22.4. The number of nitrogens with zero attached hydrogens (tertiary/aromatic N) is 2. The highest BCUT2D eigenvalue weighted by Gasteiger charge is 2.33. The fourth-order valence-electron chi connectivity index (χ4n) is 3.03. The SMILES string of the molecule is CC[C@@H](C(=O)Nc1ccc(C)c(C)c1)N(c1cc([N+](=O)[O-])ccc1C)S(C)(=O)=O. The molecule has 29 heavy (non-hydrogen) atoms. The van der Waals surface area contributed by atoms with E-state index in [0.29, 0.717) is 11.3 Å². The van der Waals surface area contributed by atoms with Crippen LogP contribution >= 0.6 is 0 Å². The molecule has 0 aromatic heterocycles. The van der Waals surface area contributed by atoms with Gasteiger partial charge in [0.25, 0.3) is 5.69 Å². The number of aryl methyl sites for hydroxylation is 3. The normalized spacial score (nSPS) is 12.3. The van der Waals surface area contributed by atoms with Crippen molar-refractivity contribution >= 4 is 33.0 Å². The smallest absolute Gasteiger partial charge is 0.271 e. The van der Waals surface area contributed by atoms with Gasteiger partial charge in [0.15, 0.2) is 0 Å². The summed E-state index contributed by atoms with van der Waals surface area (Å²) in [6.07, 6.45) is 1.17. The summed E-state index contributed by atoms with van der Waals surface area (Å²) < 4.78 is 26.2. The Morgan fingerprint density at radius 1 is 1.10 bits per heavy atom. The van der Waals surface area contributed by atoms with Gasteiger partial charge in [0.05, 0.1) is 16.9 Å². The van der Waals surface area contributed by atoms with Gasteiger partial charge in [-0.15, -0.1) is 0 Å². The Balaban J connectivity index is 2.49. The van der Waals surface area contributed by atoms with Gasteiger partial charge in [-0.1, -0.05) is 19.1 Å². The first-order valence-electron chi connectivity index (χ1n) is 9.08. The second-order valence-corrected chi connectivity index (χ2v) is 8.86. The molecule has 0 unspecified atom stereocenters. The number of nitrogens with one attached hydrogen (secondary N) is 1. The maximum absolute atomic E-state index is 13.0. The van der Waals surface area contributed by atoms with Crippen LogP contribution in [0.1, 0.15) is 30.0 Å². The lowest BCUT2D eigenvalue weighted by Crippen LogP contribution is -2.47. The first-order chi connectivity index (χ1) is 13.5. The lowest BCUT2D eigenvalue weighted by atomic mass is 10.1. The van der Waals surface area contributed by atoms with Gasteiger partial charge in [-0.2, -0.15) is 0 Å². The van der Waals surface area contributed by atoms with Crippen molar-refractivity contribution in [2.45, 2.75) is 40.2 Å². The number of rotatable bonds is 7. The van der Waals surface area contributed by atoms with Crippen molar-refractivity contribution in [3.8, 4) is 0 Å². The molecular weight excluding hydrogens is 394 g/mol. The average Bonchev–Trinajstić information content (AvgIpc) is 2.62.